The molecule has 29 heavy (non-hydrogen) atoms. The highest BCUT2D eigenvalue weighted by Crippen LogP contribution is 2.31. The van der Waals surface area contributed by atoms with Gasteiger partial charge in [0.25, 0.3) is 11.8 Å². The monoisotopic (exact) mass is 409 g/mol. The minimum atomic E-state index is -0.266. The molecular formula is C20H16ClN5O3. The molecule has 1 amide bonds. The third kappa shape index (κ3) is 4.12. The van der Waals surface area contributed by atoms with Crippen LogP contribution in [0.15, 0.2) is 59.3 Å². The van der Waals surface area contributed by atoms with Crippen LogP contribution in [0.25, 0.3) is 11.0 Å². The molecule has 0 aliphatic carbocycles. The van der Waals surface area contributed by atoms with E-state index in [1.165, 1.54) is 0 Å². The fourth-order valence-electron chi connectivity index (χ4n) is 2.68. The summed E-state index contributed by atoms with van der Waals surface area (Å²) in [6.45, 7) is 0.182. The summed E-state index contributed by atoms with van der Waals surface area (Å²) >= 11 is 5.92. The van der Waals surface area contributed by atoms with Crippen molar-refractivity contribution in [1.29, 1.82) is 0 Å². The number of carbonyl (C=O) groups excluding carboxylic acids is 1. The Balaban J connectivity index is 1.54. The number of aromatic nitrogens is 3. The lowest BCUT2D eigenvalue weighted by molar-refractivity contribution is 0.0958. The zero-order chi connectivity index (χ0) is 20.2. The van der Waals surface area contributed by atoms with Gasteiger partial charge in [-0.05, 0) is 48.0 Å². The molecule has 4 rings (SSSR count). The lowest BCUT2D eigenvalue weighted by Crippen LogP contribution is -2.19. The van der Waals surface area contributed by atoms with E-state index in [0.29, 0.717) is 22.1 Å². The lowest BCUT2D eigenvalue weighted by Gasteiger charge is -2.09. The van der Waals surface area contributed by atoms with Gasteiger partial charge in [0, 0.05) is 24.0 Å². The number of nitrogens with one attached hydrogen (secondary N) is 2. The van der Waals surface area contributed by atoms with E-state index in [1.807, 2.05) is 12.1 Å². The summed E-state index contributed by atoms with van der Waals surface area (Å²) in [5.41, 5.74) is 2.37. The van der Waals surface area contributed by atoms with Crippen molar-refractivity contribution in [3.63, 3.8) is 0 Å². The molecule has 146 valence electrons. The third-order valence-electron chi connectivity index (χ3n) is 4.12. The van der Waals surface area contributed by atoms with Gasteiger partial charge in [-0.1, -0.05) is 11.6 Å². The number of fused-ring (bicyclic) bond motifs is 1. The molecule has 0 radical (unpaired) electrons. The second-order valence-electron chi connectivity index (χ2n) is 6.07. The number of anilines is 2. The zero-order valence-electron chi connectivity index (χ0n) is 15.3. The van der Waals surface area contributed by atoms with Crippen molar-refractivity contribution in [1.82, 2.24) is 20.5 Å². The van der Waals surface area contributed by atoms with E-state index in [-0.39, 0.29) is 18.4 Å². The van der Waals surface area contributed by atoms with Crippen molar-refractivity contribution in [2.24, 2.45) is 0 Å². The predicted octanol–water partition coefficient (Wildman–Crippen LogP) is 3.95. The van der Waals surface area contributed by atoms with Gasteiger partial charge < -0.3 is 19.8 Å². The standard InChI is InChI=1S/C20H16ClN5O3/c1-22-19(27)16-10-12(6-8-23-16)11-29-20-17-15(7-9-28-17)18(25-26-20)24-14-4-2-13(21)3-5-14/h2-10H,11H2,1H3,(H,22,27)(H,24,25). The van der Waals surface area contributed by atoms with Gasteiger partial charge in [-0.3, -0.25) is 9.78 Å². The van der Waals surface area contributed by atoms with Gasteiger partial charge in [0.05, 0.1) is 11.6 Å². The average Bonchev–Trinajstić information content (AvgIpc) is 3.25. The first-order valence-electron chi connectivity index (χ1n) is 8.70. The molecule has 0 bridgehead atoms. The minimum Gasteiger partial charge on any atom is -0.469 e. The van der Waals surface area contributed by atoms with Crippen molar-refractivity contribution in [3.8, 4) is 5.88 Å². The van der Waals surface area contributed by atoms with Crippen molar-refractivity contribution in [2.75, 3.05) is 12.4 Å². The van der Waals surface area contributed by atoms with Crippen molar-refractivity contribution in [3.05, 3.63) is 71.2 Å². The molecule has 0 spiro atoms. The summed E-state index contributed by atoms with van der Waals surface area (Å²) in [4.78, 5) is 15.8. The summed E-state index contributed by atoms with van der Waals surface area (Å²) in [6.07, 6.45) is 3.10. The molecule has 0 aliphatic rings. The van der Waals surface area contributed by atoms with Gasteiger partial charge in [0.1, 0.15) is 12.3 Å². The smallest absolute Gasteiger partial charge is 0.278 e. The molecule has 0 fully saturated rings. The number of benzene rings is 1. The van der Waals surface area contributed by atoms with Crippen LogP contribution in [0.2, 0.25) is 5.02 Å². The molecule has 1 aromatic carbocycles. The Morgan fingerprint density at radius 3 is 2.79 bits per heavy atom. The molecule has 4 aromatic rings. The van der Waals surface area contributed by atoms with Crippen LogP contribution in [0.1, 0.15) is 16.1 Å². The molecule has 2 N–H and O–H groups in total. The van der Waals surface area contributed by atoms with Gasteiger partial charge in [0.15, 0.2) is 5.82 Å². The van der Waals surface area contributed by atoms with Crippen LogP contribution in [0.5, 0.6) is 5.88 Å². The first kappa shape index (κ1) is 18.7. The van der Waals surface area contributed by atoms with Gasteiger partial charge >= 0.3 is 0 Å². The predicted molar refractivity (Wildman–Crippen MR) is 108 cm³/mol. The number of halogens is 1. The summed E-state index contributed by atoms with van der Waals surface area (Å²) < 4.78 is 11.3. The van der Waals surface area contributed by atoms with Gasteiger partial charge in [0.2, 0.25) is 5.58 Å². The fraction of sp³-hybridized carbons (Fsp3) is 0.100. The van der Waals surface area contributed by atoms with Gasteiger partial charge in [-0.2, -0.15) is 0 Å². The van der Waals surface area contributed by atoms with Crippen LogP contribution in [0.4, 0.5) is 11.5 Å². The first-order chi connectivity index (χ1) is 14.1. The Hall–Kier alpha value is -3.65. The summed E-state index contributed by atoms with van der Waals surface area (Å²) in [5, 5.41) is 15.4. The van der Waals surface area contributed by atoms with Gasteiger partial charge in [-0.15, -0.1) is 10.2 Å². The largest absolute Gasteiger partial charge is 0.469 e. The first-order valence-corrected chi connectivity index (χ1v) is 9.08. The number of carbonyl (C=O) groups is 1. The summed E-state index contributed by atoms with van der Waals surface area (Å²) in [5.74, 6) is 0.525. The topological polar surface area (TPSA) is 102 Å². The molecular weight excluding hydrogens is 394 g/mol. The van der Waals surface area contributed by atoms with Crippen LogP contribution in [0.3, 0.4) is 0 Å². The second-order valence-corrected chi connectivity index (χ2v) is 6.50. The van der Waals surface area contributed by atoms with Crippen LogP contribution in [-0.2, 0) is 6.61 Å². The normalized spacial score (nSPS) is 10.7. The van der Waals surface area contributed by atoms with Crippen LogP contribution in [-0.4, -0.2) is 28.1 Å². The highest BCUT2D eigenvalue weighted by Gasteiger charge is 2.14. The van der Waals surface area contributed by atoms with Crippen molar-refractivity contribution in [2.45, 2.75) is 6.61 Å². The van der Waals surface area contributed by atoms with Gasteiger partial charge in [-0.25, -0.2) is 0 Å². The highest BCUT2D eigenvalue weighted by atomic mass is 35.5. The molecule has 0 saturated carbocycles. The Kier molecular flexibility index (Phi) is 5.26. The van der Waals surface area contributed by atoms with Crippen LogP contribution in [0, 0.1) is 0 Å². The molecule has 0 aliphatic heterocycles. The van der Waals surface area contributed by atoms with E-state index >= 15 is 0 Å². The quantitative estimate of drug-likeness (QED) is 0.497. The lowest BCUT2D eigenvalue weighted by atomic mass is 10.2. The van der Waals surface area contributed by atoms with E-state index in [1.54, 1.807) is 49.8 Å². The number of pyridine rings is 1. The SMILES string of the molecule is CNC(=O)c1cc(COc2nnc(Nc3ccc(Cl)cc3)c3ccoc23)ccn1. The van der Waals surface area contributed by atoms with E-state index < -0.39 is 0 Å². The molecule has 8 nitrogen and oxygen atoms in total. The number of rotatable bonds is 6. The number of nitrogens with zero attached hydrogens (tertiary/aromatic N) is 3. The number of furan rings is 1. The zero-order valence-corrected chi connectivity index (χ0v) is 16.1. The molecule has 0 saturated heterocycles. The fourth-order valence-corrected chi connectivity index (χ4v) is 2.81. The van der Waals surface area contributed by atoms with Crippen molar-refractivity contribution < 1.29 is 13.9 Å². The summed E-state index contributed by atoms with van der Waals surface area (Å²) in [6, 6.07) is 12.4. The Morgan fingerprint density at radius 1 is 1.17 bits per heavy atom. The Bertz CT molecular complexity index is 1160. The van der Waals surface area contributed by atoms with E-state index in [2.05, 4.69) is 25.8 Å². The number of hydrogen-bond donors (Lipinski definition) is 2. The molecule has 3 heterocycles. The Labute approximate surface area is 170 Å². The van der Waals surface area contributed by atoms with E-state index in [4.69, 9.17) is 20.8 Å². The number of amides is 1. The van der Waals surface area contributed by atoms with Crippen molar-refractivity contribution >= 4 is 40.0 Å². The average molecular weight is 410 g/mol. The maximum atomic E-state index is 11.7. The third-order valence-corrected chi connectivity index (χ3v) is 4.37. The molecule has 3 aromatic heterocycles. The van der Waals surface area contributed by atoms with Crippen LogP contribution < -0.4 is 15.4 Å². The highest BCUT2D eigenvalue weighted by molar-refractivity contribution is 6.30. The minimum absolute atomic E-state index is 0.182. The molecule has 9 heteroatoms. The molecule has 0 atom stereocenters. The second kappa shape index (κ2) is 8.15. The number of ether oxygens (including phenoxy) is 1. The van der Waals surface area contributed by atoms with E-state index in [9.17, 15) is 4.79 Å². The van der Waals surface area contributed by atoms with Crippen LogP contribution >= 0.6 is 11.6 Å². The Morgan fingerprint density at radius 2 is 2.00 bits per heavy atom. The summed E-state index contributed by atoms with van der Waals surface area (Å²) in [7, 11) is 1.55. The van der Waals surface area contributed by atoms with E-state index in [0.717, 1.165) is 16.6 Å². The molecule has 0 unspecified atom stereocenters. The maximum Gasteiger partial charge on any atom is 0.278 e. The maximum absolute atomic E-state index is 11.7. The number of hydrogen-bond acceptors (Lipinski definition) is 7.